The Labute approximate surface area is 149 Å². The lowest BCUT2D eigenvalue weighted by molar-refractivity contribution is -0.127. The fourth-order valence-corrected chi connectivity index (χ4v) is 4.57. The normalized spacial score (nSPS) is 25.9. The number of likely N-dealkylation sites (N-methyl/N-ethyl adjacent to an activating group) is 1. The van der Waals surface area contributed by atoms with Gasteiger partial charge in [0.25, 0.3) is 5.91 Å². The Morgan fingerprint density at radius 3 is 2.73 bits per heavy atom. The van der Waals surface area contributed by atoms with Crippen LogP contribution in [0.4, 0.5) is 11.6 Å². The van der Waals surface area contributed by atoms with Crippen molar-refractivity contribution in [3.63, 3.8) is 0 Å². The van der Waals surface area contributed by atoms with Crippen LogP contribution in [0.5, 0.6) is 0 Å². The maximum Gasteiger partial charge on any atom is 0.264 e. The molecule has 8 heteroatoms. The molecule has 1 atom stereocenters. The number of carbonyl (C=O) groups excluding carboxylic acids is 2. The highest BCUT2D eigenvalue weighted by molar-refractivity contribution is 6.17. The van der Waals surface area contributed by atoms with Crippen molar-refractivity contribution in [3.05, 3.63) is 41.1 Å². The van der Waals surface area contributed by atoms with E-state index in [9.17, 15) is 9.59 Å². The summed E-state index contributed by atoms with van der Waals surface area (Å²) in [5.74, 6) is 0.130. The van der Waals surface area contributed by atoms with Gasteiger partial charge in [-0.2, -0.15) is 4.68 Å². The van der Waals surface area contributed by atoms with Gasteiger partial charge in [0.15, 0.2) is 5.78 Å². The van der Waals surface area contributed by atoms with Crippen LogP contribution in [0.3, 0.4) is 0 Å². The Morgan fingerprint density at radius 1 is 1.15 bits per heavy atom. The van der Waals surface area contributed by atoms with Gasteiger partial charge in [-0.15, -0.1) is 0 Å². The van der Waals surface area contributed by atoms with Crippen LogP contribution in [-0.2, 0) is 15.1 Å². The smallest absolute Gasteiger partial charge is 0.264 e. The molecule has 1 aromatic carbocycles. The topological polar surface area (TPSA) is 93.0 Å². The van der Waals surface area contributed by atoms with Gasteiger partial charge < -0.3 is 10.2 Å². The van der Waals surface area contributed by atoms with Crippen molar-refractivity contribution in [1.82, 2.24) is 20.2 Å². The molecule has 1 aromatic heterocycles. The molecule has 2 aromatic rings. The van der Waals surface area contributed by atoms with E-state index < -0.39 is 5.54 Å². The van der Waals surface area contributed by atoms with Crippen molar-refractivity contribution in [2.24, 2.45) is 5.41 Å². The lowest BCUT2D eigenvalue weighted by Gasteiger charge is -2.41. The van der Waals surface area contributed by atoms with Gasteiger partial charge in [0, 0.05) is 30.4 Å². The Hall–Kier alpha value is -3.03. The Bertz CT molecular complexity index is 1020. The fourth-order valence-electron chi connectivity index (χ4n) is 4.57. The molecule has 1 unspecified atom stereocenters. The number of Topliss-reactive ketones (excluding diaryl/α,β-unsaturated/α-hetero) is 1. The molecule has 0 bridgehead atoms. The summed E-state index contributed by atoms with van der Waals surface area (Å²) in [7, 11) is 1.72. The van der Waals surface area contributed by atoms with E-state index in [0.717, 1.165) is 16.9 Å². The van der Waals surface area contributed by atoms with Crippen LogP contribution in [-0.4, -0.2) is 38.9 Å². The Kier molecular flexibility index (Phi) is 2.68. The van der Waals surface area contributed by atoms with Crippen molar-refractivity contribution in [1.29, 1.82) is 0 Å². The predicted molar refractivity (Wildman–Crippen MR) is 93.4 cm³/mol. The summed E-state index contributed by atoms with van der Waals surface area (Å²) in [4.78, 5) is 28.4. The summed E-state index contributed by atoms with van der Waals surface area (Å²) in [6.07, 6.45) is 1.04. The fraction of sp³-hybridized carbons (Fsp3) is 0.389. The van der Waals surface area contributed by atoms with E-state index in [4.69, 9.17) is 0 Å². The van der Waals surface area contributed by atoms with Gasteiger partial charge in [-0.25, -0.2) is 0 Å². The zero-order chi connectivity index (χ0) is 18.3. The van der Waals surface area contributed by atoms with Crippen LogP contribution < -0.4 is 10.2 Å². The van der Waals surface area contributed by atoms with Crippen molar-refractivity contribution in [2.75, 3.05) is 17.3 Å². The number of ketones is 1. The molecule has 1 spiro atoms. The van der Waals surface area contributed by atoms with Gasteiger partial charge in [0.2, 0.25) is 11.5 Å². The number of fused-ring (bicyclic) bond motifs is 5. The molecule has 1 amide bonds. The molecule has 1 N–H and O–H groups in total. The van der Waals surface area contributed by atoms with Crippen LogP contribution in [0.1, 0.15) is 32.3 Å². The van der Waals surface area contributed by atoms with Crippen molar-refractivity contribution in [2.45, 2.75) is 32.2 Å². The molecule has 5 rings (SSSR count). The molecule has 3 heterocycles. The average molecular weight is 350 g/mol. The Balaban J connectivity index is 1.90. The first-order valence-electron chi connectivity index (χ1n) is 8.57. The average Bonchev–Trinajstić information content (AvgIpc) is 3.12. The molecule has 8 nitrogen and oxygen atoms in total. The molecule has 0 radical (unpaired) electrons. The molecule has 132 valence electrons. The first-order chi connectivity index (χ1) is 12.4. The number of amides is 1. The summed E-state index contributed by atoms with van der Waals surface area (Å²) in [6, 6.07) is 7.51. The summed E-state index contributed by atoms with van der Waals surface area (Å²) in [5, 5.41) is 15.1. The minimum absolute atomic E-state index is 0.0386. The van der Waals surface area contributed by atoms with Crippen molar-refractivity contribution in [3.8, 4) is 0 Å². The predicted octanol–water partition coefficient (Wildman–Crippen LogP) is 1.46. The summed E-state index contributed by atoms with van der Waals surface area (Å²) < 4.78 is 1.46. The van der Waals surface area contributed by atoms with Crippen LogP contribution in [0, 0.1) is 5.41 Å². The van der Waals surface area contributed by atoms with Crippen LogP contribution in [0.15, 0.2) is 35.5 Å². The largest absolute Gasteiger partial charge is 0.326 e. The van der Waals surface area contributed by atoms with E-state index in [1.165, 1.54) is 4.68 Å². The standard InChI is InChI=1S/C18H18N6O2/c1-17(2)8-11-14(13(25)9-17)18(24-16(19-11)20-21-22-24)10-6-4-5-7-12(10)23(3)15(18)26/h4-7H,8-9H2,1-3H3,(H,19,20,22). The first kappa shape index (κ1) is 15.2. The quantitative estimate of drug-likeness (QED) is 0.773. The second-order valence-electron chi connectivity index (χ2n) is 7.93. The van der Waals surface area contributed by atoms with E-state index in [0.29, 0.717) is 24.4 Å². The molecular formula is C18H18N6O2. The molecule has 0 fully saturated rings. The third-order valence-electron chi connectivity index (χ3n) is 5.56. The second kappa shape index (κ2) is 4.57. The van der Waals surface area contributed by atoms with Crippen LogP contribution in [0.2, 0.25) is 0 Å². The van der Waals surface area contributed by atoms with E-state index in [1.54, 1.807) is 11.9 Å². The SMILES string of the molecule is CN1C(=O)C2(C3=C(CC(C)(C)CC3=O)Nc3nnnn32)c2ccccc21. The number of hydrogen-bond donors (Lipinski definition) is 1. The molecule has 0 saturated carbocycles. The summed E-state index contributed by atoms with van der Waals surface area (Å²) >= 11 is 0. The molecule has 0 saturated heterocycles. The van der Waals surface area contributed by atoms with Crippen molar-refractivity contribution >= 4 is 23.3 Å². The Morgan fingerprint density at radius 2 is 1.92 bits per heavy atom. The second-order valence-corrected chi connectivity index (χ2v) is 7.93. The van der Waals surface area contributed by atoms with Gasteiger partial charge in [-0.05, 0) is 28.3 Å². The van der Waals surface area contributed by atoms with Gasteiger partial charge >= 0.3 is 0 Å². The zero-order valence-electron chi connectivity index (χ0n) is 14.8. The van der Waals surface area contributed by atoms with Crippen molar-refractivity contribution < 1.29 is 9.59 Å². The van der Waals surface area contributed by atoms with E-state index >= 15 is 0 Å². The first-order valence-corrected chi connectivity index (χ1v) is 8.57. The van der Waals surface area contributed by atoms with E-state index in [2.05, 4.69) is 34.7 Å². The van der Waals surface area contributed by atoms with Gasteiger partial charge in [0.05, 0.1) is 5.57 Å². The number of para-hydroxylation sites is 1. The number of hydrogen-bond acceptors (Lipinski definition) is 6. The molecule has 3 aliphatic rings. The number of benzene rings is 1. The minimum atomic E-state index is -1.33. The molecule has 1 aliphatic carbocycles. The van der Waals surface area contributed by atoms with E-state index in [1.807, 2.05) is 24.3 Å². The number of aromatic nitrogens is 4. The van der Waals surface area contributed by atoms with Crippen LogP contribution >= 0.6 is 0 Å². The monoisotopic (exact) mass is 350 g/mol. The lowest BCUT2D eigenvalue weighted by Crippen LogP contribution is -2.53. The van der Waals surface area contributed by atoms with Crippen LogP contribution in [0.25, 0.3) is 0 Å². The molecular weight excluding hydrogens is 332 g/mol. The summed E-state index contributed by atoms with van der Waals surface area (Å²) in [5.41, 5.74) is 1.20. The van der Waals surface area contributed by atoms with Gasteiger partial charge in [0.1, 0.15) is 0 Å². The zero-order valence-corrected chi connectivity index (χ0v) is 14.8. The van der Waals surface area contributed by atoms with E-state index in [-0.39, 0.29) is 17.1 Å². The molecule has 2 aliphatic heterocycles. The number of tetrazole rings is 1. The maximum absolute atomic E-state index is 13.6. The number of anilines is 2. The number of nitrogens with zero attached hydrogens (tertiary/aromatic N) is 5. The number of nitrogens with one attached hydrogen (secondary N) is 1. The highest BCUT2D eigenvalue weighted by Crippen LogP contribution is 2.53. The number of carbonyl (C=O) groups is 2. The third-order valence-corrected chi connectivity index (χ3v) is 5.56. The van der Waals surface area contributed by atoms with Gasteiger partial charge in [-0.3, -0.25) is 9.59 Å². The van der Waals surface area contributed by atoms with Gasteiger partial charge in [-0.1, -0.05) is 37.1 Å². The number of allylic oxidation sites excluding steroid dienone is 1. The minimum Gasteiger partial charge on any atom is -0.326 e. The lowest BCUT2D eigenvalue weighted by atomic mass is 9.68. The molecule has 26 heavy (non-hydrogen) atoms. The number of rotatable bonds is 0. The highest BCUT2D eigenvalue weighted by atomic mass is 16.2. The third kappa shape index (κ3) is 1.61. The summed E-state index contributed by atoms with van der Waals surface area (Å²) in [6.45, 7) is 4.11. The maximum atomic E-state index is 13.6. The highest BCUT2D eigenvalue weighted by Gasteiger charge is 2.61.